The molecule has 1 unspecified atom stereocenters. The van der Waals surface area contributed by atoms with Gasteiger partial charge in [0, 0.05) is 18.7 Å². The Morgan fingerprint density at radius 3 is 2.32 bits per heavy atom. The van der Waals surface area contributed by atoms with Gasteiger partial charge in [0.1, 0.15) is 24.7 Å². The SMILES string of the molecule is Cc1cccc(Cn2cccc2C[NH+](Cc2c(F)cccc2F)CC(C)C)c1. The molecular weight excluding hydrogens is 354 g/mol. The van der Waals surface area contributed by atoms with Gasteiger partial charge in [-0.3, -0.25) is 0 Å². The van der Waals surface area contributed by atoms with Crippen LogP contribution >= 0.6 is 0 Å². The van der Waals surface area contributed by atoms with E-state index >= 15 is 0 Å². The van der Waals surface area contributed by atoms with Crippen LogP contribution in [0.4, 0.5) is 8.78 Å². The summed E-state index contributed by atoms with van der Waals surface area (Å²) in [6.07, 6.45) is 2.08. The highest BCUT2D eigenvalue weighted by atomic mass is 19.1. The standard InChI is InChI=1S/C24H28F2N2/c1-18(2)14-27(17-22-23(25)10-5-11-24(22)26)16-21-9-6-12-28(21)15-20-8-4-7-19(3)13-20/h4-13,18H,14-17H2,1-3H3/p+1. The minimum atomic E-state index is -0.462. The van der Waals surface area contributed by atoms with Gasteiger partial charge in [-0.1, -0.05) is 49.7 Å². The Morgan fingerprint density at radius 2 is 1.64 bits per heavy atom. The number of rotatable bonds is 8. The second-order valence-electron chi connectivity index (χ2n) is 8.02. The highest BCUT2D eigenvalue weighted by Gasteiger charge is 2.19. The minimum absolute atomic E-state index is 0.176. The van der Waals surface area contributed by atoms with E-state index in [2.05, 4.69) is 61.9 Å². The molecule has 2 aromatic carbocycles. The molecule has 0 saturated carbocycles. The van der Waals surface area contributed by atoms with Crippen molar-refractivity contribution in [2.75, 3.05) is 6.54 Å². The van der Waals surface area contributed by atoms with Gasteiger partial charge in [0.05, 0.1) is 17.8 Å². The largest absolute Gasteiger partial charge is 0.342 e. The average Bonchev–Trinajstić information content (AvgIpc) is 3.04. The molecule has 1 N–H and O–H groups in total. The first-order chi connectivity index (χ1) is 13.4. The molecule has 28 heavy (non-hydrogen) atoms. The maximum atomic E-state index is 14.2. The first-order valence-corrected chi connectivity index (χ1v) is 9.88. The van der Waals surface area contributed by atoms with E-state index in [4.69, 9.17) is 0 Å². The highest BCUT2D eigenvalue weighted by Crippen LogP contribution is 2.12. The van der Waals surface area contributed by atoms with Crippen molar-refractivity contribution >= 4 is 0 Å². The third-order valence-electron chi connectivity index (χ3n) is 4.98. The van der Waals surface area contributed by atoms with Crippen LogP contribution in [0.2, 0.25) is 0 Å². The Balaban J connectivity index is 1.79. The van der Waals surface area contributed by atoms with Gasteiger partial charge in [-0.15, -0.1) is 0 Å². The normalized spacial score (nSPS) is 12.5. The van der Waals surface area contributed by atoms with E-state index in [1.807, 2.05) is 6.07 Å². The molecule has 0 amide bonds. The first kappa shape index (κ1) is 20.3. The maximum absolute atomic E-state index is 14.2. The van der Waals surface area contributed by atoms with Crippen LogP contribution in [0.1, 0.15) is 36.2 Å². The number of hydrogen-bond donors (Lipinski definition) is 1. The summed E-state index contributed by atoms with van der Waals surface area (Å²) in [6.45, 7) is 9.10. The van der Waals surface area contributed by atoms with E-state index in [1.165, 1.54) is 35.0 Å². The Morgan fingerprint density at radius 1 is 0.929 bits per heavy atom. The summed E-state index contributed by atoms with van der Waals surface area (Å²) in [5.74, 6) is -0.488. The monoisotopic (exact) mass is 383 g/mol. The second kappa shape index (κ2) is 9.16. The van der Waals surface area contributed by atoms with Crippen molar-refractivity contribution in [2.24, 2.45) is 5.92 Å². The fourth-order valence-corrected chi connectivity index (χ4v) is 3.76. The third-order valence-corrected chi connectivity index (χ3v) is 4.98. The van der Waals surface area contributed by atoms with Crippen molar-refractivity contribution in [2.45, 2.75) is 40.4 Å². The maximum Gasteiger partial charge on any atom is 0.135 e. The summed E-state index contributed by atoms with van der Waals surface area (Å²) in [5.41, 5.74) is 3.85. The molecule has 148 valence electrons. The predicted octanol–water partition coefficient (Wildman–Crippen LogP) is 4.36. The third kappa shape index (κ3) is 5.29. The van der Waals surface area contributed by atoms with Crippen LogP contribution in [0.3, 0.4) is 0 Å². The lowest BCUT2D eigenvalue weighted by atomic mass is 10.1. The Hall–Kier alpha value is -2.46. The zero-order valence-electron chi connectivity index (χ0n) is 16.9. The summed E-state index contributed by atoms with van der Waals surface area (Å²) in [7, 11) is 0. The number of benzene rings is 2. The number of nitrogens with one attached hydrogen (secondary N) is 1. The van der Waals surface area contributed by atoms with Crippen molar-refractivity contribution in [1.82, 2.24) is 4.57 Å². The highest BCUT2D eigenvalue weighted by molar-refractivity contribution is 5.23. The van der Waals surface area contributed by atoms with Gasteiger partial charge in [0.25, 0.3) is 0 Å². The lowest BCUT2D eigenvalue weighted by molar-refractivity contribution is -0.931. The Labute approximate surface area is 166 Å². The van der Waals surface area contributed by atoms with Crippen molar-refractivity contribution in [3.8, 4) is 0 Å². The van der Waals surface area contributed by atoms with Gasteiger partial charge in [-0.25, -0.2) is 8.78 Å². The quantitative estimate of drug-likeness (QED) is 0.592. The predicted molar refractivity (Wildman–Crippen MR) is 109 cm³/mol. The van der Waals surface area contributed by atoms with E-state index in [1.54, 1.807) is 0 Å². The van der Waals surface area contributed by atoms with Crippen molar-refractivity contribution in [1.29, 1.82) is 0 Å². The molecule has 1 heterocycles. The van der Waals surface area contributed by atoms with E-state index < -0.39 is 11.6 Å². The van der Waals surface area contributed by atoms with Gasteiger partial charge < -0.3 is 9.47 Å². The van der Waals surface area contributed by atoms with Gasteiger partial charge >= 0.3 is 0 Å². The topological polar surface area (TPSA) is 9.37 Å². The number of nitrogens with zero attached hydrogens (tertiary/aromatic N) is 1. The number of aryl methyl sites for hydroxylation is 1. The molecule has 0 spiro atoms. The number of hydrogen-bond acceptors (Lipinski definition) is 0. The van der Waals surface area contributed by atoms with E-state index in [0.717, 1.165) is 24.5 Å². The van der Waals surface area contributed by atoms with Crippen LogP contribution in [-0.4, -0.2) is 11.1 Å². The second-order valence-corrected chi connectivity index (χ2v) is 8.02. The van der Waals surface area contributed by atoms with Crippen LogP contribution in [0, 0.1) is 24.5 Å². The van der Waals surface area contributed by atoms with Gasteiger partial charge in [0.15, 0.2) is 0 Å². The smallest absolute Gasteiger partial charge is 0.135 e. The number of quaternary nitrogens is 1. The van der Waals surface area contributed by atoms with E-state index in [0.29, 0.717) is 12.5 Å². The summed E-state index contributed by atoms with van der Waals surface area (Å²) in [6, 6.07) is 16.7. The molecule has 3 rings (SSSR count). The number of halogens is 2. The number of aromatic nitrogens is 1. The zero-order valence-corrected chi connectivity index (χ0v) is 16.9. The average molecular weight is 384 g/mol. The molecule has 3 aromatic rings. The van der Waals surface area contributed by atoms with Crippen LogP contribution < -0.4 is 4.90 Å². The van der Waals surface area contributed by atoms with Gasteiger partial charge in [-0.2, -0.15) is 0 Å². The van der Waals surface area contributed by atoms with E-state index in [9.17, 15) is 8.78 Å². The minimum Gasteiger partial charge on any atom is -0.342 e. The Kier molecular flexibility index (Phi) is 6.63. The van der Waals surface area contributed by atoms with Gasteiger partial charge in [0.2, 0.25) is 0 Å². The van der Waals surface area contributed by atoms with Crippen LogP contribution in [0.15, 0.2) is 60.8 Å². The molecule has 0 radical (unpaired) electrons. The zero-order chi connectivity index (χ0) is 20.1. The molecule has 1 atom stereocenters. The Bertz CT molecular complexity index is 894. The van der Waals surface area contributed by atoms with Crippen LogP contribution in [-0.2, 0) is 19.6 Å². The fourth-order valence-electron chi connectivity index (χ4n) is 3.76. The van der Waals surface area contributed by atoms with Crippen molar-refractivity contribution in [3.63, 3.8) is 0 Å². The van der Waals surface area contributed by atoms with Crippen LogP contribution in [0.5, 0.6) is 0 Å². The molecular formula is C24H29F2N2+. The van der Waals surface area contributed by atoms with Crippen molar-refractivity contribution in [3.05, 3.63) is 94.8 Å². The molecule has 0 bridgehead atoms. The van der Waals surface area contributed by atoms with Gasteiger partial charge in [-0.05, 0) is 36.8 Å². The summed E-state index contributed by atoms with van der Waals surface area (Å²) < 4.78 is 30.6. The molecule has 1 aromatic heterocycles. The molecule has 2 nitrogen and oxygen atoms in total. The van der Waals surface area contributed by atoms with Crippen LogP contribution in [0.25, 0.3) is 0 Å². The molecule has 0 aliphatic rings. The van der Waals surface area contributed by atoms with E-state index in [-0.39, 0.29) is 5.56 Å². The molecule has 0 fully saturated rings. The lowest BCUT2D eigenvalue weighted by Crippen LogP contribution is -3.10. The summed E-state index contributed by atoms with van der Waals surface area (Å²) >= 11 is 0. The summed E-state index contributed by atoms with van der Waals surface area (Å²) in [4.78, 5) is 1.16. The van der Waals surface area contributed by atoms with Crippen molar-refractivity contribution < 1.29 is 13.7 Å². The lowest BCUT2D eigenvalue weighted by Gasteiger charge is -2.23. The molecule has 0 aliphatic heterocycles. The summed E-state index contributed by atoms with van der Waals surface area (Å²) in [5, 5.41) is 0. The molecule has 0 aliphatic carbocycles. The first-order valence-electron chi connectivity index (χ1n) is 9.88. The molecule has 0 saturated heterocycles. The fraction of sp³-hybridized carbons (Fsp3) is 0.333. The molecule has 4 heteroatoms.